The van der Waals surface area contributed by atoms with Gasteiger partial charge in [0.1, 0.15) is 0 Å². The quantitative estimate of drug-likeness (QED) is 0.842. The number of anilines is 1. The van der Waals surface area contributed by atoms with E-state index in [-0.39, 0.29) is 11.1 Å². The van der Waals surface area contributed by atoms with E-state index in [4.69, 9.17) is 16.7 Å². The van der Waals surface area contributed by atoms with Crippen LogP contribution in [0.2, 0.25) is 5.02 Å². The smallest absolute Gasteiger partial charge is 0.337 e. The molecule has 0 unspecified atom stereocenters. The first-order valence-corrected chi connectivity index (χ1v) is 6.42. The van der Waals surface area contributed by atoms with Crippen molar-refractivity contribution in [3.63, 3.8) is 0 Å². The van der Waals surface area contributed by atoms with Crippen LogP contribution < -0.4 is 4.90 Å². The molecule has 3 nitrogen and oxygen atoms in total. The Labute approximate surface area is 112 Å². The summed E-state index contributed by atoms with van der Waals surface area (Å²) in [5.74, 6) is -0.635. The number of aromatic carboxylic acids is 1. The Kier molecular flexibility index (Phi) is 3.06. The molecule has 1 aliphatic heterocycles. The maximum absolute atomic E-state index is 11.1. The summed E-state index contributed by atoms with van der Waals surface area (Å²) in [4.78, 5) is 13.3. The summed E-state index contributed by atoms with van der Waals surface area (Å²) < 4.78 is 0. The summed E-state index contributed by atoms with van der Waals surface area (Å²) in [6.07, 6.45) is 0.997. The lowest BCUT2D eigenvalue weighted by Gasteiger charge is -2.45. The maximum atomic E-state index is 11.1. The molecule has 1 heterocycles. The van der Waals surface area contributed by atoms with Crippen LogP contribution in [0.15, 0.2) is 12.1 Å². The highest BCUT2D eigenvalue weighted by Gasteiger charge is 2.35. The lowest BCUT2D eigenvalue weighted by Crippen LogP contribution is -2.45. The first kappa shape index (κ1) is 13.2. The van der Waals surface area contributed by atoms with Crippen molar-refractivity contribution >= 4 is 23.3 Å². The molecule has 1 aromatic carbocycles. The van der Waals surface area contributed by atoms with Crippen molar-refractivity contribution in [2.45, 2.75) is 38.6 Å². The van der Waals surface area contributed by atoms with Gasteiger partial charge < -0.3 is 10.0 Å². The highest BCUT2D eigenvalue weighted by Crippen LogP contribution is 2.44. The van der Waals surface area contributed by atoms with Crippen LogP contribution in [0.25, 0.3) is 0 Å². The second-order valence-electron chi connectivity index (χ2n) is 5.67. The molecule has 1 N–H and O–H groups in total. The molecule has 18 heavy (non-hydrogen) atoms. The average molecular weight is 268 g/mol. The molecule has 0 saturated heterocycles. The number of carboxylic acid groups (broad SMARTS) is 1. The topological polar surface area (TPSA) is 40.5 Å². The van der Waals surface area contributed by atoms with E-state index in [1.807, 2.05) is 7.05 Å². The fourth-order valence-electron chi connectivity index (χ4n) is 2.75. The number of hydrogen-bond acceptors (Lipinski definition) is 2. The minimum atomic E-state index is -0.970. The van der Waals surface area contributed by atoms with Gasteiger partial charge in [0.2, 0.25) is 0 Å². The zero-order chi connectivity index (χ0) is 13.7. The first-order chi connectivity index (χ1) is 8.24. The van der Waals surface area contributed by atoms with Crippen molar-refractivity contribution in [2.24, 2.45) is 0 Å². The van der Waals surface area contributed by atoms with E-state index in [0.717, 1.165) is 17.7 Å². The third kappa shape index (κ3) is 1.97. The summed E-state index contributed by atoms with van der Waals surface area (Å²) in [6, 6.07) is 3.49. The lowest BCUT2D eigenvalue weighted by atomic mass is 9.80. The molecule has 0 aliphatic carbocycles. The first-order valence-electron chi connectivity index (χ1n) is 6.04. The molecule has 1 atom stereocenters. The van der Waals surface area contributed by atoms with Gasteiger partial charge in [-0.2, -0.15) is 0 Å². The molecule has 0 amide bonds. The van der Waals surface area contributed by atoms with Crippen molar-refractivity contribution in [1.29, 1.82) is 0 Å². The van der Waals surface area contributed by atoms with E-state index in [1.165, 1.54) is 0 Å². The van der Waals surface area contributed by atoms with Gasteiger partial charge in [-0.1, -0.05) is 18.5 Å². The number of nitrogens with zero attached hydrogens (tertiary/aromatic N) is 1. The van der Waals surface area contributed by atoms with Crippen molar-refractivity contribution in [1.82, 2.24) is 0 Å². The molecule has 0 bridgehead atoms. The van der Waals surface area contributed by atoms with Crippen LogP contribution in [0.1, 0.15) is 49.0 Å². The Bertz CT molecular complexity index is 511. The molecule has 0 fully saturated rings. The third-order valence-electron chi connectivity index (χ3n) is 3.95. The van der Waals surface area contributed by atoms with E-state index < -0.39 is 5.97 Å². The van der Waals surface area contributed by atoms with Gasteiger partial charge in [0.15, 0.2) is 0 Å². The summed E-state index contributed by atoms with van der Waals surface area (Å²) in [5, 5.41) is 9.43. The Hall–Kier alpha value is -1.22. The highest BCUT2D eigenvalue weighted by atomic mass is 35.5. The van der Waals surface area contributed by atoms with Crippen LogP contribution in [0.3, 0.4) is 0 Å². The van der Waals surface area contributed by atoms with Crippen LogP contribution in [-0.4, -0.2) is 23.7 Å². The molecule has 4 heteroatoms. The van der Waals surface area contributed by atoms with E-state index in [2.05, 4.69) is 25.7 Å². The number of halogens is 1. The molecular weight excluding hydrogens is 250 g/mol. The van der Waals surface area contributed by atoms with Crippen LogP contribution in [0.5, 0.6) is 0 Å². The SMILES string of the molecule is C[C@H]1CC(C)(C)N(C)c2cc(Cl)c(C(=O)O)cc21. The number of rotatable bonds is 1. The predicted molar refractivity (Wildman–Crippen MR) is 73.9 cm³/mol. The summed E-state index contributed by atoms with van der Waals surface area (Å²) in [7, 11) is 2.03. The van der Waals surface area contributed by atoms with E-state index in [9.17, 15) is 4.79 Å². The minimum Gasteiger partial charge on any atom is -0.478 e. The van der Waals surface area contributed by atoms with Gasteiger partial charge in [-0.25, -0.2) is 4.79 Å². The molecule has 0 spiro atoms. The molecule has 0 aromatic heterocycles. The monoisotopic (exact) mass is 267 g/mol. The van der Waals surface area contributed by atoms with Gasteiger partial charge in [0.25, 0.3) is 0 Å². The second-order valence-corrected chi connectivity index (χ2v) is 6.08. The number of fused-ring (bicyclic) bond motifs is 1. The summed E-state index contributed by atoms with van der Waals surface area (Å²) in [5.41, 5.74) is 2.35. The van der Waals surface area contributed by atoms with Gasteiger partial charge in [-0.05, 0) is 43.9 Å². The third-order valence-corrected chi connectivity index (χ3v) is 4.27. The number of benzene rings is 1. The fourth-order valence-corrected chi connectivity index (χ4v) is 2.99. The maximum Gasteiger partial charge on any atom is 0.337 e. The van der Waals surface area contributed by atoms with Crippen molar-refractivity contribution in [3.8, 4) is 0 Å². The largest absolute Gasteiger partial charge is 0.478 e. The van der Waals surface area contributed by atoms with Crippen LogP contribution in [0.4, 0.5) is 5.69 Å². The molecular formula is C14H18ClNO2. The molecule has 98 valence electrons. The standard InChI is InChI=1S/C14H18ClNO2/c1-8-7-14(2,3)16(4)12-6-11(15)10(13(17)18)5-9(8)12/h5-6,8H,7H2,1-4H3,(H,17,18)/t8-/m0/s1. The predicted octanol–water partition coefficient (Wildman–Crippen LogP) is 3.76. The van der Waals surface area contributed by atoms with Gasteiger partial charge in [0.05, 0.1) is 10.6 Å². The zero-order valence-electron chi connectivity index (χ0n) is 11.1. The molecule has 1 aromatic rings. The number of carboxylic acids is 1. The molecule has 1 aliphatic rings. The Morgan fingerprint density at radius 1 is 1.50 bits per heavy atom. The Morgan fingerprint density at radius 2 is 2.11 bits per heavy atom. The minimum absolute atomic E-state index is 0.0560. The van der Waals surface area contributed by atoms with Crippen LogP contribution in [-0.2, 0) is 0 Å². The van der Waals surface area contributed by atoms with E-state index in [1.54, 1.807) is 12.1 Å². The van der Waals surface area contributed by atoms with E-state index in [0.29, 0.717) is 10.9 Å². The Morgan fingerprint density at radius 3 is 2.67 bits per heavy atom. The van der Waals surface area contributed by atoms with Gasteiger partial charge in [-0.3, -0.25) is 0 Å². The van der Waals surface area contributed by atoms with Crippen molar-refractivity contribution in [3.05, 3.63) is 28.3 Å². The number of hydrogen-bond donors (Lipinski definition) is 1. The molecule has 0 radical (unpaired) electrons. The molecule has 2 rings (SSSR count). The number of carbonyl (C=O) groups is 1. The van der Waals surface area contributed by atoms with E-state index >= 15 is 0 Å². The fraction of sp³-hybridized carbons (Fsp3) is 0.500. The van der Waals surface area contributed by atoms with Gasteiger partial charge >= 0.3 is 5.97 Å². The highest BCUT2D eigenvalue weighted by molar-refractivity contribution is 6.33. The summed E-state index contributed by atoms with van der Waals surface area (Å²) >= 11 is 6.05. The molecule has 0 saturated carbocycles. The lowest BCUT2D eigenvalue weighted by molar-refractivity contribution is 0.0697. The van der Waals surface area contributed by atoms with Gasteiger partial charge in [-0.15, -0.1) is 0 Å². The normalized spacial score (nSPS) is 21.6. The average Bonchev–Trinajstić information content (AvgIpc) is 2.24. The van der Waals surface area contributed by atoms with Gasteiger partial charge in [0, 0.05) is 18.3 Å². The van der Waals surface area contributed by atoms with Crippen LogP contribution >= 0.6 is 11.6 Å². The van der Waals surface area contributed by atoms with Crippen molar-refractivity contribution < 1.29 is 9.90 Å². The second kappa shape index (κ2) is 4.16. The summed E-state index contributed by atoms with van der Waals surface area (Å²) in [6.45, 7) is 6.50. The van der Waals surface area contributed by atoms with Crippen molar-refractivity contribution in [2.75, 3.05) is 11.9 Å². The van der Waals surface area contributed by atoms with Crippen LogP contribution in [0, 0.1) is 0 Å². The Balaban J connectivity index is 2.62. The zero-order valence-corrected chi connectivity index (χ0v) is 11.9.